The predicted octanol–water partition coefficient (Wildman–Crippen LogP) is 3.92. The van der Waals surface area contributed by atoms with Gasteiger partial charge in [0.2, 0.25) is 0 Å². The van der Waals surface area contributed by atoms with Gasteiger partial charge in [0.1, 0.15) is 17.5 Å². The number of hydrogen-bond donors (Lipinski definition) is 2. The van der Waals surface area contributed by atoms with E-state index in [0.717, 1.165) is 30.4 Å². The fraction of sp³-hybridized carbons (Fsp3) is 0.750. The van der Waals surface area contributed by atoms with Crippen LogP contribution in [0.25, 0.3) is 0 Å². The number of nitrogens with one attached hydrogen (secondary N) is 2. The van der Waals surface area contributed by atoms with Gasteiger partial charge < -0.3 is 10.6 Å². The molecule has 0 bridgehead atoms. The van der Waals surface area contributed by atoms with E-state index in [1.165, 1.54) is 38.5 Å². The summed E-state index contributed by atoms with van der Waals surface area (Å²) in [7, 11) is 0. The van der Waals surface area contributed by atoms with E-state index in [4.69, 9.17) is 4.98 Å². The highest BCUT2D eigenvalue weighted by Crippen LogP contribution is 2.41. The lowest BCUT2D eigenvalue weighted by Crippen LogP contribution is -2.44. The van der Waals surface area contributed by atoms with Crippen LogP contribution >= 0.6 is 0 Å². The van der Waals surface area contributed by atoms with E-state index in [9.17, 15) is 0 Å². The average Bonchev–Trinajstić information content (AvgIpc) is 3.25. The molecule has 0 amide bonds. The van der Waals surface area contributed by atoms with Crippen molar-refractivity contribution >= 4 is 11.6 Å². The van der Waals surface area contributed by atoms with E-state index < -0.39 is 0 Å². The maximum absolute atomic E-state index is 4.76. The molecule has 0 unspecified atom stereocenters. The third-order valence-electron chi connectivity index (χ3n) is 4.62. The molecule has 1 aromatic rings. The van der Waals surface area contributed by atoms with Crippen molar-refractivity contribution in [1.82, 2.24) is 9.97 Å². The minimum Gasteiger partial charge on any atom is -0.370 e. The first-order chi connectivity index (χ1) is 9.74. The summed E-state index contributed by atoms with van der Waals surface area (Å²) in [5.41, 5.74) is 0.289. The van der Waals surface area contributed by atoms with Crippen LogP contribution in [0, 0.1) is 0 Å². The van der Waals surface area contributed by atoms with Gasteiger partial charge >= 0.3 is 0 Å². The standard InChI is InChI=1S/C16H26N4/c1-3-10-17-13-11-14(19-15(18-13)12-6-7-12)20-16(4-2)8-5-9-16/h11-12H,3-10H2,1-2H3,(H2,17,18,19,20). The Hall–Kier alpha value is -1.32. The van der Waals surface area contributed by atoms with E-state index in [1.807, 2.05) is 0 Å². The summed E-state index contributed by atoms with van der Waals surface area (Å²) in [4.78, 5) is 9.43. The van der Waals surface area contributed by atoms with Gasteiger partial charge in [-0.1, -0.05) is 13.8 Å². The van der Waals surface area contributed by atoms with Gasteiger partial charge in [0.15, 0.2) is 0 Å². The highest BCUT2D eigenvalue weighted by atomic mass is 15.1. The van der Waals surface area contributed by atoms with Crippen molar-refractivity contribution in [2.45, 2.75) is 70.3 Å². The van der Waals surface area contributed by atoms with E-state index in [1.54, 1.807) is 0 Å². The molecule has 3 rings (SSSR count). The van der Waals surface area contributed by atoms with Crippen molar-refractivity contribution in [3.05, 3.63) is 11.9 Å². The summed E-state index contributed by atoms with van der Waals surface area (Å²) in [5, 5.41) is 7.10. The van der Waals surface area contributed by atoms with Crippen LogP contribution < -0.4 is 10.6 Å². The zero-order valence-electron chi connectivity index (χ0n) is 12.7. The van der Waals surface area contributed by atoms with Crippen LogP contribution in [0.15, 0.2) is 6.07 Å². The Balaban J connectivity index is 1.79. The zero-order valence-corrected chi connectivity index (χ0v) is 12.7. The number of anilines is 2. The summed E-state index contributed by atoms with van der Waals surface area (Å²) >= 11 is 0. The fourth-order valence-electron chi connectivity index (χ4n) is 2.84. The van der Waals surface area contributed by atoms with Crippen LogP contribution in [-0.4, -0.2) is 22.1 Å². The van der Waals surface area contributed by atoms with E-state index in [2.05, 4.69) is 35.5 Å². The summed E-state index contributed by atoms with van der Waals surface area (Å²) in [6.45, 7) is 5.42. The monoisotopic (exact) mass is 274 g/mol. The Bertz CT molecular complexity index is 458. The van der Waals surface area contributed by atoms with Gasteiger partial charge in [-0.25, -0.2) is 9.97 Å². The second-order valence-electron chi connectivity index (χ2n) is 6.31. The van der Waals surface area contributed by atoms with Crippen LogP contribution in [0.2, 0.25) is 0 Å². The van der Waals surface area contributed by atoms with E-state index in [-0.39, 0.29) is 5.54 Å². The molecule has 2 N–H and O–H groups in total. The van der Waals surface area contributed by atoms with Crippen LogP contribution in [0.5, 0.6) is 0 Å². The molecular weight excluding hydrogens is 248 g/mol. The largest absolute Gasteiger partial charge is 0.370 e. The zero-order chi connectivity index (χ0) is 14.0. The molecule has 0 atom stereocenters. The molecular formula is C16H26N4. The minimum atomic E-state index is 0.289. The maximum Gasteiger partial charge on any atom is 0.136 e. The van der Waals surface area contributed by atoms with Gasteiger partial charge in [0.05, 0.1) is 0 Å². The molecule has 2 fully saturated rings. The van der Waals surface area contributed by atoms with Gasteiger partial charge in [-0.15, -0.1) is 0 Å². The summed E-state index contributed by atoms with van der Waals surface area (Å²) in [6.07, 6.45) is 8.65. The highest BCUT2D eigenvalue weighted by molar-refractivity contribution is 5.50. The Morgan fingerprint density at radius 1 is 1.20 bits per heavy atom. The van der Waals surface area contributed by atoms with Crippen molar-refractivity contribution in [3.8, 4) is 0 Å². The molecule has 20 heavy (non-hydrogen) atoms. The Kier molecular flexibility index (Phi) is 3.81. The molecule has 4 heteroatoms. The molecule has 110 valence electrons. The van der Waals surface area contributed by atoms with E-state index in [0.29, 0.717) is 5.92 Å². The Morgan fingerprint density at radius 3 is 2.50 bits per heavy atom. The topological polar surface area (TPSA) is 49.8 Å². The maximum atomic E-state index is 4.76. The van der Waals surface area contributed by atoms with Crippen LogP contribution in [0.3, 0.4) is 0 Å². The SMILES string of the molecule is CCCNc1cc(NC2(CC)CCC2)nc(C2CC2)n1. The third-order valence-corrected chi connectivity index (χ3v) is 4.62. The van der Waals surface area contributed by atoms with Crippen LogP contribution in [0.4, 0.5) is 11.6 Å². The molecule has 2 aliphatic rings. The van der Waals surface area contributed by atoms with E-state index >= 15 is 0 Å². The molecule has 4 nitrogen and oxygen atoms in total. The summed E-state index contributed by atoms with van der Waals surface area (Å²) in [6, 6.07) is 2.08. The van der Waals surface area contributed by atoms with Gasteiger partial charge in [-0.2, -0.15) is 0 Å². The molecule has 0 spiro atoms. The fourth-order valence-corrected chi connectivity index (χ4v) is 2.84. The highest BCUT2D eigenvalue weighted by Gasteiger charge is 2.36. The smallest absolute Gasteiger partial charge is 0.136 e. The summed E-state index contributed by atoms with van der Waals surface area (Å²) < 4.78 is 0. The normalized spacial score (nSPS) is 20.3. The first-order valence-electron chi connectivity index (χ1n) is 8.16. The van der Waals surface area contributed by atoms with Gasteiger partial charge in [0.25, 0.3) is 0 Å². The molecule has 2 saturated carbocycles. The average molecular weight is 274 g/mol. The molecule has 0 radical (unpaired) electrons. The molecule has 1 aromatic heterocycles. The van der Waals surface area contributed by atoms with Gasteiger partial charge in [0, 0.05) is 24.1 Å². The van der Waals surface area contributed by atoms with Gasteiger partial charge in [-0.05, 0) is 44.9 Å². The minimum absolute atomic E-state index is 0.289. The lowest BCUT2D eigenvalue weighted by molar-refractivity contribution is 0.268. The molecule has 0 saturated heterocycles. The van der Waals surface area contributed by atoms with Crippen molar-refractivity contribution in [2.75, 3.05) is 17.2 Å². The number of rotatable bonds is 7. The molecule has 0 aromatic carbocycles. The Labute approximate surface area is 121 Å². The predicted molar refractivity (Wildman–Crippen MR) is 83.3 cm³/mol. The Morgan fingerprint density at radius 2 is 1.95 bits per heavy atom. The molecule has 1 heterocycles. The van der Waals surface area contributed by atoms with Crippen molar-refractivity contribution in [1.29, 1.82) is 0 Å². The molecule has 2 aliphatic carbocycles. The number of nitrogens with zero attached hydrogens (tertiary/aromatic N) is 2. The quantitative estimate of drug-likeness (QED) is 0.791. The van der Waals surface area contributed by atoms with Gasteiger partial charge in [-0.3, -0.25) is 0 Å². The van der Waals surface area contributed by atoms with Crippen molar-refractivity contribution < 1.29 is 0 Å². The summed E-state index contributed by atoms with van der Waals surface area (Å²) in [5.74, 6) is 3.62. The van der Waals surface area contributed by atoms with Crippen LogP contribution in [0.1, 0.15) is 70.5 Å². The molecule has 0 aliphatic heterocycles. The third kappa shape index (κ3) is 2.89. The second-order valence-corrected chi connectivity index (χ2v) is 6.31. The lowest BCUT2D eigenvalue weighted by Gasteiger charge is -2.42. The number of hydrogen-bond acceptors (Lipinski definition) is 4. The second kappa shape index (κ2) is 5.58. The van der Waals surface area contributed by atoms with Crippen molar-refractivity contribution in [2.24, 2.45) is 0 Å². The lowest BCUT2D eigenvalue weighted by atomic mass is 9.75. The van der Waals surface area contributed by atoms with Crippen molar-refractivity contribution in [3.63, 3.8) is 0 Å². The van der Waals surface area contributed by atoms with Crippen LogP contribution in [-0.2, 0) is 0 Å². The first kappa shape index (κ1) is 13.7. The first-order valence-corrected chi connectivity index (χ1v) is 8.16. The number of aromatic nitrogens is 2.